The van der Waals surface area contributed by atoms with Crippen LogP contribution in [0.5, 0.6) is 0 Å². The second-order valence-corrected chi connectivity index (χ2v) is 7.45. The van der Waals surface area contributed by atoms with Crippen LogP contribution in [0.15, 0.2) is 53.8 Å². The third kappa shape index (κ3) is 2.99. The quantitative estimate of drug-likeness (QED) is 0.554. The number of fused-ring (bicyclic) bond motifs is 3. The number of nitrogens with zero attached hydrogens (tertiary/aromatic N) is 5. The molecule has 142 valence electrons. The Labute approximate surface area is 163 Å². The molecule has 1 aliphatic heterocycles. The van der Waals surface area contributed by atoms with Gasteiger partial charge >= 0.3 is 0 Å². The second-order valence-electron chi connectivity index (χ2n) is 7.45. The normalized spacial score (nSPS) is 16.6. The summed E-state index contributed by atoms with van der Waals surface area (Å²) in [4.78, 5) is 19.3. The molecule has 0 unspecified atom stereocenters. The monoisotopic (exact) mass is 372 g/mol. The van der Waals surface area contributed by atoms with Crippen molar-refractivity contribution in [2.45, 2.75) is 25.4 Å². The number of benzene rings is 1. The zero-order valence-electron chi connectivity index (χ0n) is 16.0. The highest BCUT2D eigenvalue weighted by Gasteiger charge is 2.25. The van der Waals surface area contributed by atoms with Crippen LogP contribution in [-0.2, 0) is 6.54 Å². The lowest BCUT2D eigenvalue weighted by Crippen LogP contribution is -2.34. The summed E-state index contributed by atoms with van der Waals surface area (Å²) in [6.45, 7) is 3.19. The Kier molecular flexibility index (Phi) is 4.41. The van der Waals surface area contributed by atoms with Gasteiger partial charge in [-0.15, -0.1) is 0 Å². The van der Waals surface area contributed by atoms with Crippen molar-refractivity contribution in [3.63, 3.8) is 0 Å². The standard InChI is InChI=1S/C22H24N6/c1-23-14-20-26-19-13-25-22-18(7-10-24-22)21(19)28(20)17-8-11-27(12-9-17)15-16-5-3-2-4-6-16/h2-7,10,13-14,17H,8-9,11-12,15H2,1H3,(H,24,25). The van der Waals surface area contributed by atoms with Gasteiger partial charge in [0.2, 0.25) is 0 Å². The van der Waals surface area contributed by atoms with Crippen LogP contribution < -0.4 is 0 Å². The first kappa shape index (κ1) is 17.1. The molecule has 0 radical (unpaired) electrons. The smallest absolute Gasteiger partial charge is 0.152 e. The van der Waals surface area contributed by atoms with Crippen molar-refractivity contribution in [1.82, 2.24) is 24.4 Å². The lowest BCUT2D eigenvalue weighted by Gasteiger charge is -2.33. The molecular weight excluding hydrogens is 348 g/mol. The first-order chi connectivity index (χ1) is 13.8. The van der Waals surface area contributed by atoms with Gasteiger partial charge in [0, 0.05) is 44.3 Å². The number of pyridine rings is 1. The Balaban J connectivity index is 1.46. The average Bonchev–Trinajstić information content (AvgIpc) is 3.34. The predicted molar refractivity (Wildman–Crippen MR) is 113 cm³/mol. The van der Waals surface area contributed by atoms with E-state index in [1.165, 1.54) is 11.1 Å². The Morgan fingerprint density at radius 3 is 2.79 bits per heavy atom. The minimum Gasteiger partial charge on any atom is -0.346 e. The molecular formula is C22H24N6. The maximum atomic E-state index is 4.82. The van der Waals surface area contributed by atoms with Crippen molar-refractivity contribution < 1.29 is 0 Å². The number of nitrogens with one attached hydrogen (secondary N) is 1. The van der Waals surface area contributed by atoms with Crippen molar-refractivity contribution >= 4 is 28.3 Å². The number of hydrogen-bond donors (Lipinski definition) is 1. The van der Waals surface area contributed by atoms with Gasteiger partial charge < -0.3 is 9.55 Å². The minimum atomic E-state index is 0.422. The lowest BCUT2D eigenvalue weighted by atomic mass is 10.0. The van der Waals surface area contributed by atoms with E-state index in [9.17, 15) is 0 Å². The maximum absolute atomic E-state index is 4.82. The molecule has 3 aromatic heterocycles. The summed E-state index contributed by atoms with van der Waals surface area (Å²) in [5.41, 5.74) is 4.40. The fourth-order valence-corrected chi connectivity index (χ4v) is 4.36. The van der Waals surface area contributed by atoms with Crippen LogP contribution in [0.2, 0.25) is 0 Å². The maximum Gasteiger partial charge on any atom is 0.152 e. The fraction of sp³-hybridized carbons (Fsp3) is 0.318. The molecule has 0 aliphatic carbocycles. The molecule has 4 heterocycles. The Hall–Kier alpha value is -2.99. The van der Waals surface area contributed by atoms with Gasteiger partial charge in [-0.2, -0.15) is 0 Å². The van der Waals surface area contributed by atoms with Crippen LogP contribution >= 0.6 is 0 Å². The van der Waals surface area contributed by atoms with Crippen LogP contribution in [0, 0.1) is 0 Å². The van der Waals surface area contributed by atoms with Gasteiger partial charge in [-0.25, -0.2) is 9.97 Å². The number of aliphatic imine (C=N–C) groups is 1. The summed E-state index contributed by atoms with van der Waals surface area (Å²) < 4.78 is 2.39. The Morgan fingerprint density at radius 2 is 2.00 bits per heavy atom. The Morgan fingerprint density at radius 1 is 1.18 bits per heavy atom. The summed E-state index contributed by atoms with van der Waals surface area (Å²) in [7, 11) is 1.80. The highest BCUT2D eigenvalue weighted by atomic mass is 15.2. The van der Waals surface area contributed by atoms with Crippen molar-refractivity contribution in [1.29, 1.82) is 0 Å². The molecule has 6 heteroatoms. The van der Waals surface area contributed by atoms with Gasteiger partial charge in [0.05, 0.1) is 17.9 Å². The number of imidazole rings is 1. The summed E-state index contributed by atoms with van der Waals surface area (Å²) >= 11 is 0. The summed E-state index contributed by atoms with van der Waals surface area (Å²) in [6, 6.07) is 13.2. The SMILES string of the molecule is CN=Cc1nc2cnc3[nH]ccc3c2n1C1CCN(Cc2ccccc2)CC1. The zero-order chi connectivity index (χ0) is 18.9. The van der Waals surface area contributed by atoms with Crippen LogP contribution in [0.4, 0.5) is 0 Å². The summed E-state index contributed by atoms with van der Waals surface area (Å²) in [6.07, 6.45) is 7.90. The molecule has 1 aromatic carbocycles. The van der Waals surface area contributed by atoms with E-state index < -0.39 is 0 Å². The highest BCUT2D eigenvalue weighted by molar-refractivity contribution is 6.02. The fourth-order valence-electron chi connectivity index (χ4n) is 4.36. The lowest BCUT2D eigenvalue weighted by molar-refractivity contribution is 0.181. The largest absolute Gasteiger partial charge is 0.346 e. The van der Waals surface area contributed by atoms with Crippen LogP contribution in [-0.4, -0.2) is 50.8 Å². The first-order valence-corrected chi connectivity index (χ1v) is 9.86. The number of likely N-dealkylation sites (tertiary alicyclic amines) is 1. The molecule has 1 aliphatic rings. The van der Waals surface area contributed by atoms with E-state index in [2.05, 4.69) is 60.8 Å². The third-order valence-corrected chi connectivity index (χ3v) is 5.68. The molecule has 28 heavy (non-hydrogen) atoms. The highest BCUT2D eigenvalue weighted by Crippen LogP contribution is 2.32. The first-order valence-electron chi connectivity index (χ1n) is 9.86. The van der Waals surface area contributed by atoms with Gasteiger partial charge in [0.1, 0.15) is 11.2 Å². The topological polar surface area (TPSA) is 62.1 Å². The van der Waals surface area contributed by atoms with E-state index in [4.69, 9.17) is 4.98 Å². The molecule has 0 spiro atoms. The molecule has 1 saturated heterocycles. The molecule has 0 amide bonds. The Bertz CT molecular complexity index is 1120. The molecule has 0 saturated carbocycles. The van der Waals surface area contributed by atoms with E-state index in [0.29, 0.717) is 6.04 Å². The molecule has 0 atom stereocenters. The van der Waals surface area contributed by atoms with E-state index in [-0.39, 0.29) is 0 Å². The van der Waals surface area contributed by atoms with Crippen molar-refractivity contribution in [3.8, 4) is 0 Å². The van der Waals surface area contributed by atoms with Crippen LogP contribution in [0.1, 0.15) is 30.3 Å². The van der Waals surface area contributed by atoms with Crippen molar-refractivity contribution in [2.24, 2.45) is 4.99 Å². The van der Waals surface area contributed by atoms with Gasteiger partial charge in [-0.3, -0.25) is 9.89 Å². The van der Waals surface area contributed by atoms with Gasteiger partial charge in [0.15, 0.2) is 5.82 Å². The number of rotatable bonds is 4. The van der Waals surface area contributed by atoms with Crippen LogP contribution in [0.25, 0.3) is 22.1 Å². The van der Waals surface area contributed by atoms with Crippen molar-refractivity contribution in [2.75, 3.05) is 20.1 Å². The molecule has 1 fully saturated rings. The van der Waals surface area contributed by atoms with Crippen LogP contribution in [0.3, 0.4) is 0 Å². The van der Waals surface area contributed by atoms with E-state index >= 15 is 0 Å². The van der Waals surface area contributed by atoms with E-state index in [1.54, 1.807) is 7.05 Å². The number of hydrogen-bond acceptors (Lipinski definition) is 4. The molecule has 5 rings (SSSR count). The number of piperidine rings is 1. The minimum absolute atomic E-state index is 0.422. The van der Waals surface area contributed by atoms with Crippen molar-refractivity contribution in [3.05, 3.63) is 60.2 Å². The van der Waals surface area contributed by atoms with Gasteiger partial charge in [0.25, 0.3) is 0 Å². The number of aromatic nitrogens is 4. The number of aromatic amines is 1. The third-order valence-electron chi connectivity index (χ3n) is 5.68. The van der Waals surface area contributed by atoms with E-state index in [0.717, 1.165) is 54.9 Å². The van der Waals surface area contributed by atoms with E-state index in [1.807, 2.05) is 18.6 Å². The number of H-pyrrole nitrogens is 1. The second kappa shape index (κ2) is 7.20. The molecule has 6 nitrogen and oxygen atoms in total. The average molecular weight is 372 g/mol. The predicted octanol–water partition coefficient (Wildman–Crippen LogP) is 3.80. The summed E-state index contributed by atoms with van der Waals surface area (Å²) in [5.74, 6) is 0.925. The van der Waals surface area contributed by atoms with Gasteiger partial charge in [-0.1, -0.05) is 30.3 Å². The summed E-state index contributed by atoms with van der Waals surface area (Å²) in [5, 5.41) is 1.13. The zero-order valence-corrected chi connectivity index (χ0v) is 16.0. The molecule has 0 bridgehead atoms. The molecule has 4 aromatic rings. The van der Waals surface area contributed by atoms with Gasteiger partial charge in [-0.05, 0) is 24.5 Å². The molecule has 1 N–H and O–H groups in total.